The molecule has 0 fully saturated rings. The number of aryl methyl sites for hydroxylation is 1. The Bertz CT molecular complexity index is 875. The van der Waals surface area contributed by atoms with Crippen molar-refractivity contribution in [2.24, 2.45) is 0 Å². The summed E-state index contributed by atoms with van der Waals surface area (Å²) in [4.78, 5) is 8.77. The van der Waals surface area contributed by atoms with E-state index in [0.717, 1.165) is 38.3 Å². The van der Waals surface area contributed by atoms with Gasteiger partial charge in [-0.15, -0.1) is 0 Å². The fourth-order valence-corrected chi connectivity index (χ4v) is 3.11. The van der Waals surface area contributed by atoms with E-state index < -0.39 is 0 Å². The Morgan fingerprint density at radius 2 is 2.08 bits per heavy atom. The van der Waals surface area contributed by atoms with Crippen molar-refractivity contribution in [2.45, 2.75) is 33.4 Å². The molecule has 0 atom stereocenters. The van der Waals surface area contributed by atoms with Gasteiger partial charge in [0, 0.05) is 24.2 Å². The monoisotopic (exact) mass is 389 g/mol. The van der Waals surface area contributed by atoms with Gasteiger partial charge in [-0.3, -0.25) is 9.67 Å². The van der Waals surface area contributed by atoms with Crippen molar-refractivity contribution in [3.63, 3.8) is 0 Å². The van der Waals surface area contributed by atoms with E-state index in [0.29, 0.717) is 6.54 Å². The highest BCUT2D eigenvalue weighted by Crippen LogP contribution is 2.27. The average Bonchev–Trinajstić information content (AvgIpc) is 2.90. The molecule has 0 aliphatic carbocycles. The van der Waals surface area contributed by atoms with Gasteiger partial charge in [0.1, 0.15) is 15.9 Å². The molecular weight excluding hydrogens is 370 g/mol. The van der Waals surface area contributed by atoms with E-state index in [1.165, 1.54) is 0 Å². The molecule has 0 radical (unpaired) electrons. The first-order chi connectivity index (χ1) is 11.5. The van der Waals surface area contributed by atoms with E-state index in [1.807, 2.05) is 23.7 Å². The lowest BCUT2D eigenvalue weighted by Gasteiger charge is -2.13. The van der Waals surface area contributed by atoms with Gasteiger partial charge in [0.15, 0.2) is 0 Å². The van der Waals surface area contributed by atoms with Crippen LogP contribution in [-0.4, -0.2) is 26.9 Å². The average molecular weight is 390 g/mol. The Morgan fingerprint density at radius 3 is 2.79 bits per heavy atom. The summed E-state index contributed by atoms with van der Waals surface area (Å²) >= 11 is 3.50. The topological polar surface area (TPSA) is 64.9 Å². The maximum Gasteiger partial charge on any atom is 0.139 e. The molecule has 126 valence electrons. The number of nitrogens with one attached hydrogen (secondary N) is 1. The number of rotatable bonds is 5. The number of methoxy groups -OCH3 is 1. The molecule has 0 aliphatic rings. The van der Waals surface area contributed by atoms with Crippen LogP contribution in [0.15, 0.2) is 29.1 Å². The van der Waals surface area contributed by atoms with Gasteiger partial charge in [-0.1, -0.05) is 0 Å². The van der Waals surface area contributed by atoms with Gasteiger partial charge in [-0.25, -0.2) is 4.98 Å². The zero-order chi connectivity index (χ0) is 17.3. The molecule has 1 N–H and O–H groups in total. The van der Waals surface area contributed by atoms with Gasteiger partial charge in [-0.05, 0) is 42.8 Å². The molecule has 0 spiro atoms. The molecule has 6 nitrogen and oxygen atoms in total. The molecule has 24 heavy (non-hydrogen) atoms. The number of fused-ring (bicyclic) bond motifs is 1. The van der Waals surface area contributed by atoms with E-state index >= 15 is 0 Å². The lowest BCUT2D eigenvalue weighted by molar-refractivity contribution is 0.413. The van der Waals surface area contributed by atoms with Crippen molar-refractivity contribution in [1.82, 2.24) is 19.7 Å². The van der Waals surface area contributed by atoms with E-state index in [9.17, 15) is 0 Å². The first kappa shape index (κ1) is 16.7. The third-order valence-electron chi connectivity index (χ3n) is 3.79. The minimum Gasteiger partial charge on any atom is -0.495 e. The zero-order valence-corrected chi connectivity index (χ0v) is 15.8. The second kappa shape index (κ2) is 6.76. The molecule has 3 aromatic rings. The second-order valence-electron chi connectivity index (χ2n) is 5.89. The van der Waals surface area contributed by atoms with E-state index in [-0.39, 0.29) is 6.04 Å². The molecular formula is C17H20BrN5O. The summed E-state index contributed by atoms with van der Waals surface area (Å²) in [6, 6.07) is 4.22. The quantitative estimate of drug-likeness (QED) is 0.665. The summed E-state index contributed by atoms with van der Waals surface area (Å²) in [7, 11) is 1.63. The summed E-state index contributed by atoms with van der Waals surface area (Å²) in [6.45, 7) is 6.88. The number of ether oxygens (including phenoxy) is 1. The van der Waals surface area contributed by atoms with E-state index in [1.54, 1.807) is 19.5 Å². The lowest BCUT2D eigenvalue weighted by Crippen LogP contribution is -2.07. The van der Waals surface area contributed by atoms with Crippen LogP contribution in [0.25, 0.3) is 11.0 Å². The summed E-state index contributed by atoms with van der Waals surface area (Å²) < 4.78 is 8.06. The number of nitrogens with zero attached hydrogens (tertiary/aromatic N) is 4. The standard InChI is InChI=1S/C17H20BrN5O/c1-10(2)23-17-12(5-15(18)21-16(17)11(3)22-23)7-20-13-6-14(24-4)9-19-8-13/h5-6,8-10,20H,7H2,1-4H3. The lowest BCUT2D eigenvalue weighted by atomic mass is 10.2. The van der Waals surface area contributed by atoms with Crippen LogP contribution >= 0.6 is 15.9 Å². The Hall–Kier alpha value is -2.15. The van der Waals surface area contributed by atoms with Crippen molar-refractivity contribution in [3.8, 4) is 5.75 Å². The maximum atomic E-state index is 5.22. The molecule has 0 amide bonds. The third-order valence-corrected chi connectivity index (χ3v) is 4.20. The van der Waals surface area contributed by atoms with Crippen LogP contribution in [0.5, 0.6) is 5.75 Å². The van der Waals surface area contributed by atoms with Crippen LogP contribution in [0.1, 0.15) is 31.1 Å². The maximum absolute atomic E-state index is 5.22. The molecule has 0 aromatic carbocycles. The Balaban J connectivity index is 1.99. The third kappa shape index (κ3) is 3.21. The highest BCUT2D eigenvalue weighted by Gasteiger charge is 2.16. The molecule has 7 heteroatoms. The van der Waals surface area contributed by atoms with Crippen molar-refractivity contribution >= 4 is 32.7 Å². The van der Waals surface area contributed by atoms with Crippen molar-refractivity contribution in [1.29, 1.82) is 0 Å². The summed E-state index contributed by atoms with van der Waals surface area (Å²) in [5, 5.41) is 8.04. The normalized spacial score (nSPS) is 11.2. The molecule has 0 saturated heterocycles. The van der Waals surface area contributed by atoms with Crippen LogP contribution in [0.2, 0.25) is 0 Å². The fourth-order valence-electron chi connectivity index (χ4n) is 2.66. The van der Waals surface area contributed by atoms with Crippen molar-refractivity contribution in [2.75, 3.05) is 12.4 Å². The van der Waals surface area contributed by atoms with Gasteiger partial charge in [0.25, 0.3) is 0 Å². The fraction of sp³-hybridized carbons (Fsp3) is 0.353. The second-order valence-corrected chi connectivity index (χ2v) is 6.70. The highest BCUT2D eigenvalue weighted by molar-refractivity contribution is 9.10. The predicted octanol–water partition coefficient (Wildman–Crippen LogP) is 4.10. The first-order valence-electron chi connectivity index (χ1n) is 7.76. The molecule has 0 bridgehead atoms. The Labute approximate surface area is 149 Å². The number of hydrogen-bond acceptors (Lipinski definition) is 5. The van der Waals surface area contributed by atoms with Crippen molar-refractivity contribution < 1.29 is 4.74 Å². The van der Waals surface area contributed by atoms with Crippen LogP contribution < -0.4 is 10.1 Å². The molecule has 3 aromatic heterocycles. The summed E-state index contributed by atoms with van der Waals surface area (Å²) in [5.74, 6) is 0.726. The van der Waals surface area contributed by atoms with Crippen LogP contribution in [0.3, 0.4) is 0 Å². The SMILES string of the molecule is COc1cncc(NCc2cc(Br)nc3c(C)nn(C(C)C)c23)c1. The molecule has 0 saturated carbocycles. The Kier molecular flexibility index (Phi) is 4.71. The van der Waals surface area contributed by atoms with Gasteiger partial charge in [-0.2, -0.15) is 5.10 Å². The molecule has 3 heterocycles. The number of pyridine rings is 2. The van der Waals surface area contributed by atoms with Crippen molar-refractivity contribution in [3.05, 3.63) is 40.4 Å². The van der Waals surface area contributed by atoms with Gasteiger partial charge in [0.2, 0.25) is 0 Å². The largest absolute Gasteiger partial charge is 0.495 e. The summed E-state index contributed by atoms with van der Waals surface area (Å²) in [6.07, 6.45) is 3.46. The van der Waals surface area contributed by atoms with Gasteiger partial charge < -0.3 is 10.1 Å². The van der Waals surface area contributed by atoms with Gasteiger partial charge in [0.05, 0.1) is 36.4 Å². The van der Waals surface area contributed by atoms with E-state index in [4.69, 9.17) is 4.74 Å². The van der Waals surface area contributed by atoms with Gasteiger partial charge >= 0.3 is 0 Å². The zero-order valence-electron chi connectivity index (χ0n) is 14.2. The molecule has 3 rings (SSSR count). The minimum absolute atomic E-state index is 0.265. The number of aromatic nitrogens is 4. The molecule has 0 aliphatic heterocycles. The van der Waals surface area contributed by atoms with Crippen LogP contribution in [0, 0.1) is 6.92 Å². The minimum atomic E-state index is 0.265. The summed E-state index contributed by atoms with van der Waals surface area (Å²) in [5.41, 5.74) is 4.96. The molecule has 0 unspecified atom stereocenters. The predicted molar refractivity (Wildman–Crippen MR) is 98.5 cm³/mol. The Morgan fingerprint density at radius 1 is 1.29 bits per heavy atom. The van der Waals surface area contributed by atoms with E-state index in [2.05, 4.69) is 50.2 Å². The highest BCUT2D eigenvalue weighted by atomic mass is 79.9. The van der Waals surface area contributed by atoms with Crippen LogP contribution in [0.4, 0.5) is 5.69 Å². The first-order valence-corrected chi connectivity index (χ1v) is 8.56. The number of anilines is 1. The smallest absolute Gasteiger partial charge is 0.139 e. The van der Waals surface area contributed by atoms with Crippen LogP contribution in [-0.2, 0) is 6.54 Å². The number of halogens is 1. The number of hydrogen-bond donors (Lipinski definition) is 1.